The van der Waals surface area contributed by atoms with Gasteiger partial charge in [0.15, 0.2) is 0 Å². The van der Waals surface area contributed by atoms with Gasteiger partial charge in [0.25, 0.3) is 15.9 Å². The van der Waals surface area contributed by atoms with Crippen LogP contribution >= 0.6 is 11.6 Å². The van der Waals surface area contributed by atoms with Gasteiger partial charge in [0.2, 0.25) is 0 Å². The van der Waals surface area contributed by atoms with Gasteiger partial charge in [-0.05, 0) is 62.4 Å². The molecule has 0 unspecified atom stereocenters. The van der Waals surface area contributed by atoms with Gasteiger partial charge in [-0.3, -0.25) is 4.79 Å². The molecule has 4 rings (SSSR count). The average Bonchev–Trinajstić information content (AvgIpc) is 3.20. The first-order valence-electron chi connectivity index (χ1n) is 11.8. The van der Waals surface area contributed by atoms with Crippen LogP contribution < -0.4 is 9.46 Å². The lowest BCUT2D eigenvalue weighted by atomic mass is 9.90. The lowest BCUT2D eigenvalue weighted by molar-refractivity contribution is 0.0977. The van der Waals surface area contributed by atoms with Crippen LogP contribution in [0.2, 0.25) is 5.02 Å². The molecule has 1 saturated carbocycles. The Morgan fingerprint density at radius 3 is 2.51 bits per heavy atom. The van der Waals surface area contributed by atoms with Crippen molar-refractivity contribution in [3.63, 3.8) is 0 Å². The first-order valence-corrected chi connectivity index (χ1v) is 13.7. The third-order valence-electron chi connectivity index (χ3n) is 6.34. The molecule has 1 amide bonds. The third-order valence-corrected chi connectivity index (χ3v) is 8.04. The van der Waals surface area contributed by atoms with Crippen molar-refractivity contribution in [2.24, 2.45) is 5.92 Å². The number of nitrogens with zero attached hydrogens (tertiary/aromatic N) is 2. The van der Waals surface area contributed by atoms with E-state index in [1.807, 2.05) is 25.1 Å². The highest BCUT2D eigenvalue weighted by Crippen LogP contribution is 2.27. The number of hydrogen-bond donors (Lipinski definition) is 1. The van der Waals surface area contributed by atoms with Crippen molar-refractivity contribution in [3.8, 4) is 5.75 Å². The minimum absolute atomic E-state index is 0.0155. The first-order chi connectivity index (χ1) is 16.7. The maximum atomic E-state index is 12.6. The molecular formula is C26H30ClN3O4S. The summed E-state index contributed by atoms with van der Waals surface area (Å²) in [4.78, 5) is 16.9. The number of sulfonamides is 1. The Hall–Kier alpha value is -2.84. The van der Waals surface area contributed by atoms with E-state index in [9.17, 15) is 13.2 Å². The van der Waals surface area contributed by atoms with Crippen molar-refractivity contribution < 1.29 is 17.9 Å². The summed E-state index contributed by atoms with van der Waals surface area (Å²) in [6, 6.07) is 11.9. The van der Waals surface area contributed by atoms with Crippen LogP contribution in [0.3, 0.4) is 0 Å². The predicted octanol–water partition coefficient (Wildman–Crippen LogP) is 5.28. The summed E-state index contributed by atoms with van der Waals surface area (Å²) >= 11 is 6.52. The number of ether oxygens (including phenoxy) is 1. The summed E-state index contributed by atoms with van der Waals surface area (Å²) in [7, 11) is -4.00. The second-order valence-corrected chi connectivity index (χ2v) is 11.2. The average molecular weight is 516 g/mol. The Kier molecular flexibility index (Phi) is 7.82. The van der Waals surface area contributed by atoms with Crippen LogP contribution in [0.15, 0.2) is 53.6 Å². The van der Waals surface area contributed by atoms with Gasteiger partial charge in [0, 0.05) is 11.2 Å². The smallest absolute Gasteiger partial charge is 0.285 e. The summed E-state index contributed by atoms with van der Waals surface area (Å²) in [5, 5.41) is 0.562. The van der Waals surface area contributed by atoms with Gasteiger partial charge in [0.05, 0.1) is 18.0 Å². The zero-order chi connectivity index (χ0) is 25.0. The Morgan fingerprint density at radius 2 is 1.83 bits per heavy atom. The number of amides is 1. The fraction of sp³-hybridized carbons (Fsp3) is 0.385. The highest BCUT2D eigenvalue weighted by molar-refractivity contribution is 7.90. The molecule has 1 heterocycles. The highest BCUT2D eigenvalue weighted by atomic mass is 35.5. The van der Waals surface area contributed by atoms with Gasteiger partial charge in [-0.25, -0.2) is 18.1 Å². The van der Waals surface area contributed by atoms with Crippen molar-refractivity contribution >= 4 is 27.5 Å². The van der Waals surface area contributed by atoms with E-state index >= 15 is 0 Å². The molecule has 0 bridgehead atoms. The molecule has 186 valence electrons. The van der Waals surface area contributed by atoms with Gasteiger partial charge in [-0.2, -0.15) is 0 Å². The largest absolute Gasteiger partial charge is 0.493 e. The molecule has 1 N–H and O–H groups in total. The van der Waals surface area contributed by atoms with E-state index in [-0.39, 0.29) is 10.6 Å². The molecule has 7 nitrogen and oxygen atoms in total. The number of aryl methyl sites for hydroxylation is 2. The van der Waals surface area contributed by atoms with Crippen molar-refractivity contribution in [2.45, 2.75) is 57.4 Å². The molecule has 2 aromatic carbocycles. The van der Waals surface area contributed by atoms with Gasteiger partial charge < -0.3 is 9.30 Å². The number of aromatic nitrogens is 2. The van der Waals surface area contributed by atoms with Crippen LogP contribution in [0.4, 0.5) is 0 Å². The molecule has 1 aromatic heterocycles. The van der Waals surface area contributed by atoms with E-state index in [1.165, 1.54) is 50.4 Å². The maximum Gasteiger partial charge on any atom is 0.285 e. The first kappa shape index (κ1) is 25.3. The van der Waals surface area contributed by atoms with Crippen LogP contribution in [-0.4, -0.2) is 30.5 Å². The number of halogens is 1. The fourth-order valence-corrected chi connectivity index (χ4v) is 5.42. The molecule has 0 saturated heterocycles. The van der Waals surface area contributed by atoms with E-state index in [2.05, 4.69) is 9.71 Å². The molecule has 1 aliphatic carbocycles. The highest BCUT2D eigenvalue weighted by Gasteiger charge is 2.21. The maximum absolute atomic E-state index is 12.6. The number of carbonyl (C=O) groups is 1. The minimum Gasteiger partial charge on any atom is -0.493 e. The summed E-state index contributed by atoms with van der Waals surface area (Å²) < 4.78 is 34.9. The van der Waals surface area contributed by atoms with E-state index in [4.69, 9.17) is 16.3 Å². The van der Waals surface area contributed by atoms with Crippen LogP contribution in [0.1, 0.15) is 59.5 Å². The number of nitrogens with one attached hydrogen (secondary N) is 1. The summed E-state index contributed by atoms with van der Waals surface area (Å²) in [5.74, 6) is 1.13. The molecular weight excluding hydrogens is 486 g/mol. The second-order valence-electron chi connectivity index (χ2n) is 9.12. The molecule has 0 aliphatic heterocycles. The Labute approximate surface area is 211 Å². The number of hydrogen-bond acceptors (Lipinski definition) is 5. The van der Waals surface area contributed by atoms with Crippen molar-refractivity contribution in [3.05, 3.63) is 76.3 Å². The SMILES string of the molecule is Cc1ccc(S(=O)(=O)NC(=O)c2cn(Cc3ccc(OCC4CCCCC4)cc3Cl)c(C)n2)cc1. The molecule has 0 atom stereocenters. The Bertz CT molecular complexity index is 1300. The summed E-state index contributed by atoms with van der Waals surface area (Å²) in [6.45, 7) is 4.70. The minimum atomic E-state index is -4.00. The number of imidazole rings is 1. The van der Waals surface area contributed by atoms with Crippen LogP contribution in [0.25, 0.3) is 0 Å². The van der Waals surface area contributed by atoms with Crippen molar-refractivity contribution in [1.82, 2.24) is 14.3 Å². The van der Waals surface area contributed by atoms with Gasteiger partial charge in [-0.1, -0.05) is 54.6 Å². The fourth-order valence-electron chi connectivity index (χ4n) is 4.23. The summed E-state index contributed by atoms with van der Waals surface area (Å²) in [5.41, 5.74) is 1.78. The van der Waals surface area contributed by atoms with E-state index in [1.54, 1.807) is 23.6 Å². The Morgan fingerprint density at radius 1 is 1.11 bits per heavy atom. The van der Waals surface area contributed by atoms with Crippen molar-refractivity contribution in [2.75, 3.05) is 6.61 Å². The molecule has 0 radical (unpaired) electrons. The number of carbonyl (C=O) groups excluding carboxylic acids is 1. The topological polar surface area (TPSA) is 90.3 Å². The monoisotopic (exact) mass is 515 g/mol. The molecule has 3 aromatic rings. The van der Waals surface area contributed by atoms with Crippen LogP contribution in [-0.2, 0) is 16.6 Å². The number of rotatable bonds is 8. The van der Waals surface area contributed by atoms with Gasteiger partial charge >= 0.3 is 0 Å². The molecule has 0 spiro atoms. The standard InChI is InChI=1S/C26H30ClN3O4S/c1-18-8-12-23(13-9-18)35(32,33)29-26(31)25-16-30(19(2)28-25)15-21-10-11-22(14-24(21)27)34-17-20-6-4-3-5-7-20/h8-14,16,20H,3-7,15,17H2,1-2H3,(H,29,31). The zero-order valence-corrected chi connectivity index (χ0v) is 21.5. The summed E-state index contributed by atoms with van der Waals surface area (Å²) in [6.07, 6.45) is 7.82. The van der Waals surface area contributed by atoms with Gasteiger partial charge in [0.1, 0.15) is 17.3 Å². The normalized spacial score (nSPS) is 14.6. The Balaban J connectivity index is 1.40. The van der Waals surface area contributed by atoms with Crippen molar-refractivity contribution in [1.29, 1.82) is 0 Å². The van der Waals surface area contributed by atoms with E-state index in [0.717, 1.165) is 16.9 Å². The van der Waals surface area contributed by atoms with Gasteiger partial charge in [-0.15, -0.1) is 0 Å². The third kappa shape index (κ3) is 6.44. The predicted molar refractivity (Wildman–Crippen MR) is 135 cm³/mol. The molecule has 35 heavy (non-hydrogen) atoms. The quantitative estimate of drug-likeness (QED) is 0.441. The molecule has 1 aliphatic rings. The van der Waals surface area contributed by atoms with Crippen LogP contribution in [0, 0.1) is 19.8 Å². The number of benzene rings is 2. The molecule has 9 heteroatoms. The lowest BCUT2D eigenvalue weighted by Gasteiger charge is -2.21. The molecule has 1 fully saturated rings. The van der Waals surface area contributed by atoms with E-state index < -0.39 is 15.9 Å². The zero-order valence-electron chi connectivity index (χ0n) is 20.0. The lowest BCUT2D eigenvalue weighted by Crippen LogP contribution is -2.30. The second kappa shape index (κ2) is 10.8. The van der Waals surface area contributed by atoms with Crippen LogP contribution in [0.5, 0.6) is 5.75 Å². The van der Waals surface area contributed by atoms with E-state index in [0.29, 0.717) is 29.9 Å².